The van der Waals surface area contributed by atoms with Crippen LogP contribution in [0.4, 0.5) is 0 Å². The number of aryl methyl sites for hydroxylation is 1. The molecule has 0 aliphatic carbocycles. The van der Waals surface area contributed by atoms with E-state index in [2.05, 4.69) is 0 Å². The van der Waals surface area contributed by atoms with Crippen LogP contribution in [-0.2, 0) is 42.0 Å². The van der Waals surface area contributed by atoms with Crippen molar-refractivity contribution in [2.75, 3.05) is 6.61 Å². The molecule has 0 amide bonds. The zero-order valence-electron chi connectivity index (χ0n) is 24.1. The van der Waals surface area contributed by atoms with Gasteiger partial charge in [-0.05, 0) is 84.4 Å². The Morgan fingerprint density at radius 1 is 1.05 bits per heavy atom. The highest BCUT2D eigenvalue weighted by molar-refractivity contribution is 7.87. The van der Waals surface area contributed by atoms with Crippen molar-refractivity contribution in [3.63, 3.8) is 0 Å². The number of fused-ring (bicyclic) bond motifs is 1. The minimum Gasteiger partial charge on any atom is -0.487 e. The fraction of sp³-hybridized carbons (Fsp3) is 0.581. The molecule has 0 radical (unpaired) electrons. The van der Waals surface area contributed by atoms with E-state index in [1.165, 1.54) is 0 Å². The quantitative estimate of drug-likeness (QED) is 0.296. The van der Waals surface area contributed by atoms with E-state index in [0.29, 0.717) is 38.0 Å². The molecule has 5 rings (SSSR count). The van der Waals surface area contributed by atoms with Gasteiger partial charge < -0.3 is 23.1 Å². The van der Waals surface area contributed by atoms with Gasteiger partial charge in [0.05, 0.1) is 12.5 Å². The molecule has 218 valence electrons. The van der Waals surface area contributed by atoms with Crippen molar-refractivity contribution in [1.29, 1.82) is 0 Å². The van der Waals surface area contributed by atoms with Gasteiger partial charge in [-0.2, -0.15) is 8.42 Å². The number of hydrogen-bond acceptors (Lipinski definition) is 8. The molecule has 2 fully saturated rings. The number of cyclic esters (lactones) is 1. The lowest BCUT2D eigenvalue weighted by Crippen LogP contribution is -2.38. The molecule has 3 atom stereocenters. The van der Waals surface area contributed by atoms with E-state index in [9.17, 15) is 13.2 Å². The molecule has 3 aliphatic heterocycles. The second-order valence-electron chi connectivity index (χ2n) is 11.9. The lowest BCUT2D eigenvalue weighted by Gasteiger charge is -2.33. The van der Waals surface area contributed by atoms with Crippen LogP contribution in [0.5, 0.6) is 11.5 Å². The van der Waals surface area contributed by atoms with Gasteiger partial charge >= 0.3 is 16.1 Å². The van der Waals surface area contributed by atoms with Gasteiger partial charge in [0.15, 0.2) is 6.29 Å². The summed E-state index contributed by atoms with van der Waals surface area (Å²) in [6.45, 7) is 10.4. The molecule has 0 aromatic heterocycles. The third kappa shape index (κ3) is 6.31. The fourth-order valence-corrected chi connectivity index (χ4v) is 6.94. The maximum absolute atomic E-state index is 13.3. The van der Waals surface area contributed by atoms with Crippen molar-refractivity contribution in [3.05, 3.63) is 52.1 Å². The maximum Gasteiger partial charge on any atom is 0.339 e. The Balaban J connectivity index is 1.39. The summed E-state index contributed by atoms with van der Waals surface area (Å²) in [5, 5.41) is 0. The van der Waals surface area contributed by atoms with Crippen molar-refractivity contribution in [2.24, 2.45) is 0 Å². The molecule has 0 spiro atoms. The largest absolute Gasteiger partial charge is 0.487 e. The van der Waals surface area contributed by atoms with Gasteiger partial charge in [0.1, 0.15) is 28.1 Å². The number of ether oxygens (including phenoxy) is 4. The molecule has 3 aliphatic rings. The molecule has 3 unspecified atom stereocenters. The van der Waals surface area contributed by atoms with Gasteiger partial charge in [-0.3, -0.25) is 4.79 Å². The van der Waals surface area contributed by atoms with Gasteiger partial charge in [-0.25, -0.2) is 0 Å². The molecular formula is C31H40O8S. The number of carbonyl (C=O) groups is 1. The van der Waals surface area contributed by atoms with E-state index in [1.54, 1.807) is 24.3 Å². The normalized spacial score (nSPS) is 24.2. The van der Waals surface area contributed by atoms with E-state index in [4.69, 9.17) is 23.1 Å². The topological polar surface area (TPSA) is 97.4 Å². The molecule has 2 aromatic rings. The standard InChI is InChI=1S/C31H40O8S/c1-19-9-12-24(13-10-19)40(33,34)39-29-20(2)25(30-26(21(29)3)18-31(4,5)38-30)14-11-22-16-23(17-27(32)36-22)37-28-8-6-7-15-35-28/h9-10,12-13,22-23,28H,6-8,11,14-18H2,1-5H3. The number of benzene rings is 2. The van der Waals surface area contributed by atoms with E-state index in [-0.39, 0.29) is 35.8 Å². The summed E-state index contributed by atoms with van der Waals surface area (Å²) in [6, 6.07) is 6.63. The smallest absolute Gasteiger partial charge is 0.339 e. The Hall–Kier alpha value is -2.62. The van der Waals surface area contributed by atoms with Crippen LogP contribution in [0.15, 0.2) is 29.2 Å². The van der Waals surface area contributed by atoms with Crippen LogP contribution < -0.4 is 8.92 Å². The highest BCUT2D eigenvalue weighted by atomic mass is 32.2. The lowest BCUT2D eigenvalue weighted by molar-refractivity contribution is -0.209. The van der Waals surface area contributed by atoms with Crippen LogP contribution in [0.3, 0.4) is 0 Å². The first-order valence-corrected chi connectivity index (χ1v) is 15.6. The second kappa shape index (κ2) is 11.3. The summed E-state index contributed by atoms with van der Waals surface area (Å²) in [5.41, 5.74) is 3.86. The van der Waals surface area contributed by atoms with Crippen LogP contribution in [0.1, 0.15) is 80.2 Å². The fourth-order valence-electron chi connectivity index (χ4n) is 5.90. The number of esters is 1. The van der Waals surface area contributed by atoms with E-state index in [1.807, 2.05) is 34.6 Å². The first-order chi connectivity index (χ1) is 18.9. The minimum absolute atomic E-state index is 0.109. The molecule has 0 bridgehead atoms. The number of hydrogen-bond donors (Lipinski definition) is 0. The first-order valence-electron chi connectivity index (χ1n) is 14.2. The summed E-state index contributed by atoms with van der Waals surface area (Å²) in [6.07, 6.45) is 4.66. The summed E-state index contributed by atoms with van der Waals surface area (Å²) in [4.78, 5) is 12.5. The highest BCUT2D eigenvalue weighted by Crippen LogP contribution is 2.47. The molecule has 0 saturated carbocycles. The molecule has 3 heterocycles. The second-order valence-corrected chi connectivity index (χ2v) is 13.4. The van der Waals surface area contributed by atoms with Crippen molar-refractivity contribution < 1.29 is 36.3 Å². The Morgan fingerprint density at radius 2 is 1.80 bits per heavy atom. The SMILES string of the molecule is Cc1ccc(S(=O)(=O)Oc2c(C)c(CCC3CC(OC4CCCCO4)CC(=O)O3)c3c(c2C)CC(C)(C)O3)cc1. The zero-order valence-corrected chi connectivity index (χ0v) is 24.9. The third-order valence-electron chi connectivity index (χ3n) is 8.03. The molecule has 8 nitrogen and oxygen atoms in total. The van der Waals surface area contributed by atoms with Crippen molar-refractivity contribution in [2.45, 2.75) is 115 Å². The van der Waals surface area contributed by atoms with Gasteiger partial charge in [-0.15, -0.1) is 0 Å². The van der Waals surface area contributed by atoms with Crippen molar-refractivity contribution in [3.8, 4) is 11.5 Å². The zero-order chi connectivity index (χ0) is 28.7. The van der Waals surface area contributed by atoms with Gasteiger partial charge in [0.25, 0.3) is 0 Å². The van der Waals surface area contributed by atoms with Crippen LogP contribution in [0.2, 0.25) is 0 Å². The molecule has 40 heavy (non-hydrogen) atoms. The van der Waals surface area contributed by atoms with Crippen LogP contribution in [-0.4, -0.2) is 45.1 Å². The Morgan fingerprint density at radius 3 is 2.50 bits per heavy atom. The van der Waals surface area contributed by atoms with E-state index < -0.39 is 15.7 Å². The predicted molar refractivity (Wildman–Crippen MR) is 149 cm³/mol. The minimum atomic E-state index is -4.04. The van der Waals surface area contributed by atoms with Crippen LogP contribution >= 0.6 is 0 Å². The maximum atomic E-state index is 13.3. The third-order valence-corrected chi connectivity index (χ3v) is 9.27. The monoisotopic (exact) mass is 572 g/mol. The average Bonchev–Trinajstić information content (AvgIpc) is 3.22. The van der Waals surface area contributed by atoms with Gasteiger partial charge in [0.2, 0.25) is 0 Å². The molecule has 9 heteroatoms. The van der Waals surface area contributed by atoms with Crippen molar-refractivity contribution in [1.82, 2.24) is 0 Å². The van der Waals surface area contributed by atoms with Gasteiger partial charge in [0, 0.05) is 36.1 Å². The Labute approximate surface area is 237 Å². The summed E-state index contributed by atoms with van der Waals surface area (Å²) in [5.74, 6) is 0.853. The summed E-state index contributed by atoms with van der Waals surface area (Å²) in [7, 11) is -4.04. The Kier molecular flexibility index (Phi) is 8.19. The van der Waals surface area contributed by atoms with E-state index in [0.717, 1.165) is 52.8 Å². The van der Waals surface area contributed by atoms with Crippen molar-refractivity contribution >= 4 is 16.1 Å². The predicted octanol–water partition coefficient (Wildman–Crippen LogP) is 5.64. The van der Waals surface area contributed by atoms with E-state index >= 15 is 0 Å². The summed E-state index contributed by atoms with van der Waals surface area (Å²) >= 11 is 0. The molecule has 2 aromatic carbocycles. The first kappa shape index (κ1) is 28.9. The Bertz CT molecular complexity index is 1360. The van der Waals surface area contributed by atoms with Crippen LogP contribution in [0, 0.1) is 20.8 Å². The highest BCUT2D eigenvalue weighted by Gasteiger charge is 2.38. The molecule has 0 N–H and O–H groups in total. The van der Waals surface area contributed by atoms with Crippen LogP contribution in [0.25, 0.3) is 0 Å². The molecular weight excluding hydrogens is 532 g/mol. The average molecular weight is 573 g/mol. The summed E-state index contributed by atoms with van der Waals surface area (Å²) < 4.78 is 56.3. The number of rotatable bonds is 8. The lowest BCUT2D eigenvalue weighted by atomic mass is 9.90. The number of carbonyl (C=O) groups excluding carboxylic acids is 1. The molecule has 2 saturated heterocycles. The van der Waals surface area contributed by atoms with Gasteiger partial charge in [-0.1, -0.05) is 17.7 Å².